The molecule has 0 aliphatic rings. The lowest BCUT2D eigenvalue weighted by Crippen LogP contribution is -2.37. The number of methoxy groups -OCH3 is 1. The molecule has 0 fully saturated rings. The van der Waals surface area contributed by atoms with Crippen LogP contribution in [0.1, 0.15) is 0 Å². The molecule has 0 saturated heterocycles. The fourth-order valence-electron chi connectivity index (χ4n) is 1.36. The first-order valence-corrected chi connectivity index (χ1v) is 6.94. The molecule has 0 aromatic carbocycles. The maximum atomic E-state index is 11.7. The molecule has 0 aliphatic heterocycles. The summed E-state index contributed by atoms with van der Waals surface area (Å²) < 4.78 is 4.86. The Hall–Kier alpha value is -1.54. The molecular formula is C11H19N5O2S. The lowest BCUT2D eigenvalue weighted by molar-refractivity contribution is -0.119. The zero-order valence-corrected chi connectivity index (χ0v) is 12.2. The maximum absolute atomic E-state index is 11.7. The average molecular weight is 285 g/mol. The number of hydrogen-bond acceptors (Lipinski definition) is 7. The van der Waals surface area contributed by atoms with Gasteiger partial charge in [-0.05, 0) is 6.26 Å². The second kappa shape index (κ2) is 7.80. The Morgan fingerprint density at radius 3 is 2.95 bits per heavy atom. The predicted molar refractivity (Wildman–Crippen MR) is 76.4 cm³/mol. The highest BCUT2D eigenvalue weighted by Crippen LogP contribution is 2.17. The monoisotopic (exact) mass is 285 g/mol. The van der Waals surface area contributed by atoms with Crippen molar-refractivity contribution in [1.29, 1.82) is 0 Å². The van der Waals surface area contributed by atoms with Crippen molar-refractivity contribution >= 4 is 29.3 Å². The Labute approximate surface area is 116 Å². The molecule has 1 amide bonds. The van der Waals surface area contributed by atoms with Gasteiger partial charge in [0.2, 0.25) is 5.91 Å². The van der Waals surface area contributed by atoms with Crippen LogP contribution < -0.4 is 16.0 Å². The summed E-state index contributed by atoms with van der Waals surface area (Å²) in [5.74, 6) is 0.919. The number of nitrogens with zero attached hydrogens (tertiary/aromatic N) is 3. The first-order chi connectivity index (χ1) is 9.06. The van der Waals surface area contributed by atoms with Gasteiger partial charge in [-0.3, -0.25) is 4.79 Å². The van der Waals surface area contributed by atoms with Gasteiger partial charge in [0.25, 0.3) is 0 Å². The van der Waals surface area contributed by atoms with Gasteiger partial charge in [-0.1, -0.05) is 11.8 Å². The summed E-state index contributed by atoms with van der Waals surface area (Å²) in [5.41, 5.74) is 5.69. The minimum absolute atomic E-state index is 0.0950. The van der Waals surface area contributed by atoms with Gasteiger partial charge >= 0.3 is 0 Å². The highest BCUT2D eigenvalue weighted by molar-refractivity contribution is 7.98. The number of rotatable bonds is 7. The summed E-state index contributed by atoms with van der Waals surface area (Å²) in [6.07, 6.45) is 1.87. The van der Waals surface area contributed by atoms with E-state index in [-0.39, 0.29) is 12.5 Å². The van der Waals surface area contributed by atoms with Gasteiger partial charge in [-0.2, -0.15) is 0 Å². The number of nitrogens with one attached hydrogen (secondary N) is 1. The van der Waals surface area contributed by atoms with Crippen molar-refractivity contribution in [2.24, 2.45) is 0 Å². The van der Waals surface area contributed by atoms with Gasteiger partial charge in [0, 0.05) is 26.8 Å². The highest BCUT2D eigenvalue weighted by Gasteiger charge is 2.10. The molecule has 8 heteroatoms. The Morgan fingerprint density at radius 1 is 1.58 bits per heavy atom. The summed E-state index contributed by atoms with van der Waals surface area (Å²) in [6, 6.07) is 1.64. The van der Waals surface area contributed by atoms with Crippen LogP contribution in [-0.4, -0.2) is 56.0 Å². The third-order valence-corrected chi connectivity index (χ3v) is 2.84. The molecule has 1 aromatic heterocycles. The van der Waals surface area contributed by atoms with E-state index < -0.39 is 0 Å². The summed E-state index contributed by atoms with van der Waals surface area (Å²) >= 11 is 1.40. The number of carbonyl (C=O) groups excluding carboxylic acids is 1. The molecule has 1 rings (SSSR count). The molecular weight excluding hydrogens is 266 g/mol. The molecule has 1 heterocycles. The quantitative estimate of drug-likeness (QED) is 0.413. The maximum Gasteiger partial charge on any atom is 0.239 e. The van der Waals surface area contributed by atoms with Crippen LogP contribution in [0.4, 0.5) is 11.6 Å². The van der Waals surface area contributed by atoms with Gasteiger partial charge in [0.05, 0.1) is 13.2 Å². The Morgan fingerprint density at radius 2 is 2.32 bits per heavy atom. The van der Waals surface area contributed by atoms with Crippen molar-refractivity contribution < 1.29 is 9.53 Å². The van der Waals surface area contributed by atoms with Gasteiger partial charge in [0.15, 0.2) is 5.16 Å². The molecule has 0 radical (unpaired) electrons. The van der Waals surface area contributed by atoms with Gasteiger partial charge < -0.3 is 20.7 Å². The van der Waals surface area contributed by atoms with Gasteiger partial charge in [-0.25, -0.2) is 9.97 Å². The molecule has 0 bridgehead atoms. The zero-order valence-electron chi connectivity index (χ0n) is 11.3. The SMILES string of the molecule is COCCNC(=O)CN(C)c1cc(N)nc(SC)n1. The van der Waals surface area contributed by atoms with E-state index in [1.54, 1.807) is 25.1 Å². The van der Waals surface area contributed by atoms with E-state index in [9.17, 15) is 4.79 Å². The number of ether oxygens (including phenoxy) is 1. The molecule has 0 spiro atoms. The number of anilines is 2. The lowest BCUT2D eigenvalue weighted by Gasteiger charge is -2.18. The molecule has 106 valence electrons. The second-order valence-corrected chi connectivity index (χ2v) is 4.61. The number of amides is 1. The molecule has 0 unspecified atom stereocenters. The Kier molecular flexibility index (Phi) is 6.37. The minimum atomic E-state index is -0.0950. The fourth-order valence-corrected chi connectivity index (χ4v) is 1.74. The molecule has 0 aliphatic carbocycles. The van der Waals surface area contributed by atoms with Crippen molar-refractivity contribution in [2.75, 3.05) is 50.7 Å². The van der Waals surface area contributed by atoms with E-state index in [2.05, 4.69) is 15.3 Å². The summed E-state index contributed by atoms with van der Waals surface area (Å²) in [6.45, 7) is 1.19. The number of aromatic nitrogens is 2. The van der Waals surface area contributed by atoms with Crippen molar-refractivity contribution in [3.63, 3.8) is 0 Å². The normalized spacial score (nSPS) is 10.3. The van der Waals surface area contributed by atoms with Crippen molar-refractivity contribution in [3.8, 4) is 0 Å². The zero-order chi connectivity index (χ0) is 14.3. The second-order valence-electron chi connectivity index (χ2n) is 3.84. The van der Waals surface area contributed by atoms with Crippen LogP contribution in [0.2, 0.25) is 0 Å². The predicted octanol–water partition coefficient (Wildman–Crippen LogP) is -0.0205. The third kappa shape index (κ3) is 5.31. The topological polar surface area (TPSA) is 93.4 Å². The number of thioether (sulfide) groups is 1. The number of likely N-dealkylation sites (N-methyl/N-ethyl adjacent to an activating group) is 1. The van der Waals surface area contributed by atoms with Gasteiger partial charge in [-0.15, -0.1) is 0 Å². The van der Waals surface area contributed by atoms with Crippen LogP contribution in [0.25, 0.3) is 0 Å². The standard InChI is InChI=1S/C11H19N5O2S/c1-16(7-10(17)13-4-5-18-2)9-6-8(12)14-11(15-9)19-3/h6H,4-5,7H2,1-3H3,(H,13,17)(H2,12,14,15). The highest BCUT2D eigenvalue weighted by atomic mass is 32.2. The Bertz CT molecular complexity index is 430. The molecule has 0 atom stereocenters. The van der Waals surface area contributed by atoms with Crippen LogP contribution in [0.3, 0.4) is 0 Å². The van der Waals surface area contributed by atoms with Crippen LogP contribution in [0, 0.1) is 0 Å². The van der Waals surface area contributed by atoms with Crippen molar-refractivity contribution in [1.82, 2.24) is 15.3 Å². The van der Waals surface area contributed by atoms with E-state index in [0.29, 0.717) is 29.9 Å². The van der Waals surface area contributed by atoms with E-state index in [1.807, 2.05) is 6.26 Å². The first kappa shape index (κ1) is 15.5. The van der Waals surface area contributed by atoms with E-state index in [4.69, 9.17) is 10.5 Å². The fraction of sp³-hybridized carbons (Fsp3) is 0.545. The smallest absolute Gasteiger partial charge is 0.239 e. The summed E-state index contributed by atoms with van der Waals surface area (Å²) in [7, 11) is 3.37. The number of nitrogens with two attached hydrogens (primary N) is 1. The number of carbonyl (C=O) groups is 1. The van der Waals surface area contributed by atoms with Crippen LogP contribution >= 0.6 is 11.8 Å². The molecule has 1 aromatic rings. The average Bonchev–Trinajstić information content (AvgIpc) is 2.38. The largest absolute Gasteiger partial charge is 0.383 e. The number of hydrogen-bond donors (Lipinski definition) is 2. The Balaban J connectivity index is 2.59. The van der Waals surface area contributed by atoms with E-state index >= 15 is 0 Å². The van der Waals surface area contributed by atoms with Gasteiger partial charge in [0.1, 0.15) is 11.6 Å². The van der Waals surface area contributed by atoms with Crippen LogP contribution in [0.5, 0.6) is 0 Å². The lowest BCUT2D eigenvalue weighted by atomic mass is 10.4. The minimum Gasteiger partial charge on any atom is -0.383 e. The number of nitrogen functional groups attached to an aromatic ring is 1. The molecule has 7 nitrogen and oxygen atoms in total. The molecule has 0 saturated carbocycles. The van der Waals surface area contributed by atoms with E-state index in [1.165, 1.54) is 11.8 Å². The molecule has 19 heavy (non-hydrogen) atoms. The molecule has 3 N–H and O–H groups in total. The van der Waals surface area contributed by atoms with Crippen LogP contribution in [-0.2, 0) is 9.53 Å². The third-order valence-electron chi connectivity index (χ3n) is 2.29. The van der Waals surface area contributed by atoms with Crippen molar-refractivity contribution in [3.05, 3.63) is 6.07 Å². The summed E-state index contributed by atoms with van der Waals surface area (Å²) in [5, 5.41) is 3.33. The van der Waals surface area contributed by atoms with E-state index in [0.717, 1.165) is 0 Å². The van der Waals surface area contributed by atoms with Crippen LogP contribution in [0.15, 0.2) is 11.2 Å². The summed E-state index contributed by atoms with van der Waals surface area (Å²) in [4.78, 5) is 21.7. The van der Waals surface area contributed by atoms with Crippen molar-refractivity contribution in [2.45, 2.75) is 5.16 Å². The first-order valence-electron chi connectivity index (χ1n) is 5.72.